The second kappa shape index (κ2) is 9.98. The number of para-hydroxylation sites is 1. The molecule has 0 radical (unpaired) electrons. The minimum absolute atomic E-state index is 0.145. The number of nitrogens with zero attached hydrogens (tertiary/aromatic N) is 3. The third-order valence-electron chi connectivity index (χ3n) is 5.60. The smallest absolute Gasteiger partial charge is 0.267 e. The summed E-state index contributed by atoms with van der Waals surface area (Å²) in [6.07, 6.45) is 3.37. The number of nitrogens with one attached hydrogen (secondary N) is 1. The second-order valence-corrected chi connectivity index (χ2v) is 7.63. The van der Waals surface area contributed by atoms with Gasteiger partial charge in [-0.2, -0.15) is 5.26 Å². The van der Waals surface area contributed by atoms with Crippen LogP contribution in [0.25, 0.3) is 0 Å². The van der Waals surface area contributed by atoms with Crippen LogP contribution in [-0.4, -0.2) is 37.0 Å². The van der Waals surface area contributed by atoms with E-state index in [1.807, 2.05) is 18.2 Å². The molecule has 1 fully saturated rings. The van der Waals surface area contributed by atoms with Crippen molar-refractivity contribution in [2.24, 2.45) is 0 Å². The number of hydrogen-bond acceptors (Lipinski definition) is 4. The normalized spacial score (nSPS) is 14.4. The number of piperazine rings is 1. The third kappa shape index (κ3) is 5.01. The molecule has 30 heavy (non-hydrogen) atoms. The van der Waals surface area contributed by atoms with Gasteiger partial charge in [-0.15, -0.1) is 0 Å². The molecule has 0 aliphatic carbocycles. The van der Waals surface area contributed by atoms with Gasteiger partial charge in [0.15, 0.2) is 0 Å². The van der Waals surface area contributed by atoms with Gasteiger partial charge >= 0.3 is 0 Å². The average Bonchev–Trinajstić information content (AvgIpc) is 2.77. The number of carbonyl (C=O) groups is 1. The fourth-order valence-corrected chi connectivity index (χ4v) is 3.84. The molecule has 0 atom stereocenters. The quantitative estimate of drug-likeness (QED) is 0.578. The summed E-state index contributed by atoms with van der Waals surface area (Å²) in [5.74, 6) is -0.339. The summed E-state index contributed by atoms with van der Waals surface area (Å²) in [5, 5.41) is 12.6. The van der Waals surface area contributed by atoms with Crippen molar-refractivity contribution in [3.05, 3.63) is 70.9 Å². The Morgan fingerprint density at radius 2 is 1.70 bits per heavy atom. The van der Waals surface area contributed by atoms with E-state index < -0.39 is 0 Å². The van der Waals surface area contributed by atoms with E-state index in [2.05, 4.69) is 66.2 Å². The first kappa shape index (κ1) is 21.4. The standard InChI is InChI=1S/C25H30N4O/c1-4-20-9-7-10-21(5-2)24(20)27-25(30)22(17-26)18-28-12-14-29(15-13-28)23-11-6-8-19(3)16-23/h6-11,16,18H,4-5,12-15H2,1-3H3,(H,27,30)/b22-18-. The SMILES string of the molecule is CCc1cccc(CC)c1NC(=O)/C(C#N)=C\N1CCN(c2cccc(C)c2)CC1. The van der Waals surface area contributed by atoms with Crippen molar-refractivity contribution in [1.82, 2.24) is 4.90 Å². The molecule has 156 valence electrons. The summed E-state index contributed by atoms with van der Waals surface area (Å²) in [6.45, 7) is 9.51. The molecule has 3 rings (SSSR count). The van der Waals surface area contributed by atoms with Gasteiger partial charge in [-0.3, -0.25) is 4.79 Å². The Labute approximate surface area is 179 Å². The maximum absolute atomic E-state index is 12.8. The molecule has 0 aromatic heterocycles. The van der Waals surface area contributed by atoms with Crippen molar-refractivity contribution < 1.29 is 4.79 Å². The third-order valence-corrected chi connectivity index (χ3v) is 5.60. The van der Waals surface area contributed by atoms with E-state index in [1.54, 1.807) is 6.20 Å². The Hall–Kier alpha value is -3.26. The van der Waals surface area contributed by atoms with Crippen molar-refractivity contribution in [1.29, 1.82) is 5.26 Å². The molecule has 0 bridgehead atoms. The zero-order valence-corrected chi connectivity index (χ0v) is 18.1. The molecule has 0 spiro atoms. The zero-order chi connectivity index (χ0) is 21.5. The number of aryl methyl sites for hydroxylation is 3. The lowest BCUT2D eigenvalue weighted by Crippen LogP contribution is -2.44. The Balaban J connectivity index is 1.68. The van der Waals surface area contributed by atoms with Crippen molar-refractivity contribution >= 4 is 17.3 Å². The maximum Gasteiger partial charge on any atom is 0.267 e. The summed E-state index contributed by atoms with van der Waals surface area (Å²) >= 11 is 0. The molecule has 2 aromatic carbocycles. The van der Waals surface area contributed by atoms with Gasteiger partial charge in [0.05, 0.1) is 0 Å². The number of anilines is 2. The number of nitriles is 1. The van der Waals surface area contributed by atoms with Crippen LogP contribution in [0.2, 0.25) is 0 Å². The fourth-order valence-electron chi connectivity index (χ4n) is 3.84. The highest BCUT2D eigenvalue weighted by Gasteiger charge is 2.19. The summed E-state index contributed by atoms with van der Waals surface area (Å²) in [6, 6.07) is 16.6. The molecular weight excluding hydrogens is 372 g/mol. The van der Waals surface area contributed by atoms with E-state index in [-0.39, 0.29) is 11.5 Å². The summed E-state index contributed by atoms with van der Waals surface area (Å²) in [7, 11) is 0. The number of benzene rings is 2. The van der Waals surface area contributed by atoms with Crippen molar-refractivity contribution in [3.8, 4) is 6.07 Å². The predicted octanol–water partition coefficient (Wildman–Crippen LogP) is 4.29. The van der Waals surface area contributed by atoms with Crippen LogP contribution < -0.4 is 10.2 Å². The van der Waals surface area contributed by atoms with Crippen LogP contribution in [0.1, 0.15) is 30.5 Å². The molecule has 5 nitrogen and oxygen atoms in total. The predicted molar refractivity (Wildman–Crippen MR) is 122 cm³/mol. The van der Waals surface area contributed by atoms with E-state index >= 15 is 0 Å². The molecule has 0 unspecified atom stereocenters. The van der Waals surface area contributed by atoms with Crippen LogP contribution in [0.3, 0.4) is 0 Å². The first-order valence-electron chi connectivity index (χ1n) is 10.6. The lowest BCUT2D eigenvalue weighted by molar-refractivity contribution is -0.112. The Morgan fingerprint density at radius 3 is 2.27 bits per heavy atom. The first-order chi connectivity index (χ1) is 14.5. The Kier molecular flexibility index (Phi) is 7.13. The molecule has 2 aromatic rings. The minimum atomic E-state index is -0.339. The van der Waals surface area contributed by atoms with Gasteiger partial charge in [0, 0.05) is 43.8 Å². The van der Waals surface area contributed by atoms with Crippen LogP contribution >= 0.6 is 0 Å². The molecule has 0 saturated carbocycles. The summed E-state index contributed by atoms with van der Waals surface area (Å²) < 4.78 is 0. The van der Waals surface area contributed by atoms with E-state index in [0.29, 0.717) is 0 Å². The summed E-state index contributed by atoms with van der Waals surface area (Å²) in [4.78, 5) is 17.2. The molecule has 1 aliphatic rings. The number of rotatable bonds is 6. The lowest BCUT2D eigenvalue weighted by Gasteiger charge is -2.35. The number of amides is 1. The summed E-state index contributed by atoms with van der Waals surface area (Å²) in [5.41, 5.74) is 5.64. The molecule has 1 heterocycles. The topological polar surface area (TPSA) is 59.4 Å². The van der Waals surface area contributed by atoms with Gasteiger partial charge in [-0.05, 0) is 48.6 Å². The van der Waals surface area contributed by atoms with Gasteiger partial charge in [-0.25, -0.2) is 0 Å². The number of hydrogen-bond donors (Lipinski definition) is 1. The first-order valence-corrected chi connectivity index (χ1v) is 10.6. The monoisotopic (exact) mass is 402 g/mol. The minimum Gasteiger partial charge on any atom is -0.373 e. The molecule has 1 amide bonds. The average molecular weight is 403 g/mol. The van der Waals surface area contributed by atoms with E-state index in [4.69, 9.17) is 0 Å². The number of carbonyl (C=O) groups excluding carboxylic acids is 1. The molecule has 1 N–H and O–H groups in total. The fraction of sp³-hybridized carbons (Fsp3) is 0.360. The van der Waals surface area contributed by atoms with Gasteiger partial charge in [0.25, 0.3) is 5.91 Å². The van der Waals surface area contributed by atoms with Crippen molar-refractivity contribution in [2.45, 2.75) is 33.6 Å². The van der Waals surface area contributed by atoms with Crippen LogP contribution in [-0.2, 0) is 17.6 Å². The van der Waals surface area contributed by atoms with Gasteiger partial charge in [0.1, 0.15) is 11.6 Å². The van der Waals surface area contributed by atoms with Crippen LogP contribution in [0.15, 0.2) is 54.2 Å². The molecule has 5 heteroatoms. The van der Waals surface area contributed by atoms with Gasteiger partial charge < -0.3 is 15.1 Å². The van der Waals surface area contributed by atoms with Crippen molar-refractivity contribution in [3.63, 3.8) is 0 Å². The highest BCUT2D eigenvalue weighted by Crippen LogP contribution is 2.23. The van der Waals surface area contributed by atoms with Crippen LogP contribution in [0.5, 0.6) is 0 Å². The molecule has 1 aliphatic heterocycles. The Bertz CT molecular complexity index is 943. The van der Waals surface area contributed by atoms with E-state index in [0.717, 1.165) is 55.8 Å². The molecule has 1 saturated heterocycles. The maximum atomic E-state index is 12.8. The largest absolute Gasteiger partial charge is 0.373 e. The zero-order valence-electron chi connectivity index (χ0n) is 18.1. The van der Waals surface area contributed by atoms with E-state index in [9.17, 15) is 10.1 Å². The van der Waals surface area contributed by atoms with Crippen LogP contribution in [0, 0.1) is 18.3 Å². The second-order valence-electron chi connectivity index (χ2n) is 7.63. The van der Waals surface area contributed by atoms with E-state index in [1.165, 1.54) is 11.3 Å². The highest BCUT2D eigenvalue weighted by molar-refractivity contribution is 6.07. The molecular formula is C25H30N4O. The van der Waals surface area contributed by atoms with Crippen LogP contribution in [0.4, 0.5) is 11.4 Å². The Morgan fingerprint density at radius 1 is 1.07 bits per heavy atom. The lowest BCUT2D eigenvalue weighted by atomic mass is 10.0. The highest BCUT2D eigenvalue weighted by atomic mass is 16.1. The van der Waals surface area contributed by atoms with Crippen molar-refractivity contribution in [2.75, 3.05) is 36.4 Å². The van der Waals surface area contributed by atoms with Gasteiger partial charge in [0.2, 0.25) is 0 Å². The van der Waals surface area contributed by atoms with Gasteiger partial charge in [-0.1, -0.05) is 44.2 Å².